The lowest BCUT2D eigenvalue weighted by atomic mass is 10.4. The van der Waals surface area contributed by atoms with Crippen LogP contribution in [0, 0.1) is 0 Å². The zero-order chi connectivity index (χ0) is 10.4. The van der Waals surface area contributed by atoms with Crippen LogP contribution in [-0.4, -0.2) is 23.6 Å². The maximum absolute atomic E-state index is 11.2. The highest BCUT2D eigenvalue weighted by atomic mass is 16.5. The summed E-state index contributed by atoms with van der Waals surface area (Å²) in [4.78, 5) is 17.9. The van der Waals surface area contributed by atoms with E-state index in [1.54, 1.807) is 7.11 Å². The highest BCUT2D eigenvalue weighted by Gasteiger charge is 1.99. The summed E-state index contributed by atoms with van der Waals surface area (Å²) in [5.74, 6) is 1.14. The fourth-order valence-corrected chi connectivity index (χ4v) is 1.06. The molecule has 1 aromatic rings. The Kier molecular flexibility index (Phi) is 4.12. The molecule has 0 aliphatic carbocycles. The quantitative estimate of drug-likeness (QED) is 0.730. The van der Waals surface area contributed by atoms with Gasteiger partial charge in [0.15, 0.2) is 0 Å². The van der Waals surface area contributed by atoms with Crippen LogP contribution in [0.4, 0.5) is 5.82 Å². The van der Waals surface area contributed by atoms with Crippen molar-refractivity contribution in [1.29, 1.82) is 0 Å². The first-order valence-corrected chi connectivity index (χ1v) is 4.59. The Morgan fingerprint density at radius 3 is 3.07 bits per heavy atom. The number of aromatic amines is 1. The molecule has 0 aromatic carbocycles. The van der Waals surface area contributed by atoms with E-state index in [2.05, 4.69) is 22.2 Å². The van der Waals surface area contributed by atoms with Crippen molar-refractivity contribution in [3.05, 3.63) is 22.2 Å². The van der Waals surface area contributed by atoms with Gasteiger partial charge >= 0.3 is 0 Å². The Morgan fingerprint density at radius 2 is 2.43 bits per heavy atom. The summed E-state index contributed by atoms with van der Waals surface area (Å²) < 4.78 is 4.88. The molecule has 1 rings (SSSR count). The Hall–Kier alpha value is -1.36. The molecule has 0 saturated heterocycles. The van der Waals surface area contributed by atoms with Gasteiger partial charge in [-0.1, -0.05) is 6.92 Å². The van der Waals surface area contributed by atoms with Crippen LogP contribution in [0.3, 0.4) is 0 Å². The number of ether oxygens (including phenoxy) is 1. The van der Waals surface area contributed by atoms with Crippen LogP contribution in [0.5, 0.6) is 0 Å². The Balaban J connectivity index is 2.78. The van der Waals surface area contributed by atoms with E-state index < -0.39 is 0 Å². The molecule has 0 aliphatic heterocycles. The van der Waals surface area contributed by atoms with Gasteiger partial charge in [-0.2, -0.15) is 0 Å². The number of anilines is 1. The Labute approximate surface area is 82.5 Å². The summed E-state index contributed by atoms with van der Waals surface area (Å²) in [7, 11) is 1.56. The lowest BCUT2D eigenvalue weighted by molar-refractivity contribution is 0.177. The summed E-state index contributed by atoms with van der Waals surface area (Å²) in [5, 5.41) is 3.05. The molecule has 0 amide bonds. The number of nitrogens with zero attached hydrogens (tertiary/aromatic N) is 1. The van der Waals surface area contributed by atoms with E-state index in [1.165, 1.54) is 6.07 Å². The standard InChI is InChI=1S/C9H15N3O2/c1-3-4-10-7-5-9(13)12-8(11-7)6-14-2/h5H,3-4,6H2,1-2H3,(H2,10,11,12,13). The first kappa shape index (κ1) is 10.7. The molecule has 1 aromatic heterocycles. The molecule has 0 spiro atoms. The molecule has 5 nitrogen and oxygen atoms in total. The smallest absolute Gasteiger partial charge is 0.253 e. The van der Waals surface area contributed by atoms with Crippen molar-refractivity contribution in [1.82, 2.24) is 9.97 Å². The van der Waals surface area contributed by atoms with Crippen LogP contribution >= 0.6 is 0 Å². The molecule has 1 heterocycles. The minimum absolute atomic E-state index is 0.161. The number of hydrogen-bond donors (Lipinski definition) is 2. The highest BCUT2D eigenvalue weighted by molar-refractivity contribution is 5.32. The van der Waals surface area contributed by atoms with Gasteiger partial charge in [0, 0.05) is 19.7 Å². The molecule has 0 radical (unpaired) electrons. The van der Waals surface area contributed by atoms with Gasteiger partial charge in [0.2, 0.25) is 0 Å². The Bertz CT molecular complexity index is 335. The van der Waals surface area contributed by atoms with E-state index in [-0.39, 0.29) is 5.56 Å². The molecule has 0 aliphatic rings. The zero-order valence-electron chi connectivity index (χ0n) is 8.46. The molecule has 78 valence electrons. The van der Waals surface area contributed by atoms with Crippen LogP contribution in [0.15, 0.2) is 10.9 Å². The number of rotatable bonds is 5. The minimum Gasteiger partial charge on any atom is -0.377 e. The van der Waals surface area contributed by atoms with Crippen LogP contribution in [-0.2, 0) is 11.3 Å². The van der Waals surface area contributed by atoms with Gasteiger partial charge < -0.3 is 15.0 Å². The van der Waals surface area contributed by atoms with Crippen molar-refractivity contribution in [2.75, 3.05) is 19.0 Å². The lowest BCUT2D eigenvalue weighted by Crippen LogP contribution is -2.14. The number of methoxy groups -OCH3 is 1. The highest BCUT2D eigenvalue weighted by Crippen LogP contribution is 1.99. The van der Waals surface area contributed by atoms with Crippen molar-refractivity contribution in [3.63, 3.8) is 0 Å². The van der Waals surface area contributed by atoms with E-state index >= 15 is 0 Å². The van der Waals surface area contributed by atoms with Gasteiger partial charge in [-0.25, -0.2) is 4.98 Å². The monoisotopic (exact) mass is 197 g/mol. The molecular weight excluding hydrogens is 182 g/mol. The van der Waals surface area contributed by atoms with Crippen LogP contribution in [0.25, 0.3) is 0 Å². The molecule has 0 atom stereocenters. The van der Waals surface area contributed by atoms with Crippen LogP contribution in [0.1, 0.15) is 19.2 Å². The van der Waals surface area contributed by atoms with Crippen LogP contribution in [0.2, 0.25) is 0 Å². The molecular formula is C9H15N3O2. The predicted octanol–water partition coefficient (Wildman–Crippen LogP) is 0.738. The minimum atomic E-state index is -0.161. The van der Waals surface area contributed by atoms with Gasteiger partial charge in [-0.05, 0) is 6.42 Å². The van der Waals surface area contributed by atoms with Crippen molar-refractivity contribution >= 4 is 5.82 Å². The number of nitrogens with one attached hydrogen (secondary N) is 2. The third-order valence-corrected chi connectivity index (χ3v) is 1.63. The summed E-state index contributed by atoms with van der Waals surface area (Å²) in [6, 6.07) is 1.44. The van der Waals surface area contributed by atoms with Crippen molar-refractivity contribution in [3.8, 4) is 0 Å². The van der Waals surface area contributed by atoms with Crippen LogP contribution < -0.4 is 10.9 Å². The first-order chi connectivity index (χ1) is 6.76. The summed E-state index contributed by atoms with van der Waals surface area (Å²) in [5.41, 5.74) is -0.161. The van der Waals surface area contributed by atoms with Gasteiger partial charge in [-0.3, -0.25) is 4.79 Å². The average molecular weight is 197 g/mol. The van der Waals surface area contributed by atoms with Crippen molar-refractivity contribution < 1.29 is 4.74 Å². The molecule has 2 N–H and O–H groups in total. The topological polar surface area (TPSA) is 67.0 Å². The maximum Gasteiger partial charge on any atom is 0.253 e. The SMILES string of the molecule is CCCNc1cc(=O)[nH]c(COC)n1. The van der Waals surface area contributed by atoms with Gasteiger partial charge in [0.25, 0.3) is 5.56 Å². The number of H-pyrrole nitrogens is 1. The summed E-state index contributed by atoms with van der Waals surface area (Å²) >= 11 is 0. The van der Waals surface area contributed by atoms with E-state index in [0.29, 0.717) is 18.2 Å². The average Bonchev–Trinajstić information content (AvgIpc) is 2.14. The largest absolute Gasteiger partial charge is 0.377 e. The summed E-state index contributed by atoms with van der Waals surface area (Å²) in [6.07, 6.45) is 0.994. The van der Waals surface area contributed by atoms with E-state index in [4.69, 9.17) is 4.74 Å². The fraction of sp³-hybridized carbons (Fsp3) is 0.556. The van der Waals surface area contributed by atoms with Gasteiger partial charge in [0.05, 0.1) is 0 Å². The molecule has 0 unspecified atom stereocenters. The third kappa shape index (κ3) is 3.18. The third-order valence-electron chi connectivity index (χ3n) is 1.63. The number of hydrogen-bond acceptors (Lipinski definition) is 4. The molecule has 14 heavy (non-hydrogen) atoms. The number of aromatic nitrogens is 2. The maximum atomic E-state index is 11.2. The second-order valence-corrected chi connectivity index (χ2v) is 2.94. The van der Waals surface area contributed by atoms with Gasteiger partial charge in [0.1, 0.15) is 18.2 Å². The lowest BCUT2D eigenvalue weighted by Gasteiger charge is -2.04. The van der Waals surface area contributed by atoms with Gasteiger partial charge in [-0.15, -0.1) is 0 Å². The molecule has 5 heteroatoms. The predicted molar refractivity (Wildman–Crippen MR) is 54.4 cm³/mol. The second-order valence-electron chi connectivity index (χ2n) is 2.94. The van der Waals surface area contributed by atoms with E-state index in [9.17, 15) is 4.79 Å². The fourth-order valence-electron chi connectivity index (χ4n) is 1.06. The zero-order valence-corrected chi connectivity index (χ0v) is 8.46. The Morgan fingerprint density at radius 1 is 1.64 bits per heavy atom. The first-order valence-electron chi connectivity index (χ1n) is 4.59. The normalized spacial score (nSPS) is 10.1. The molecule has 0 saturated carbocycles. The second kappa shape index (κ2) is 5.39. The molecule has 0 fully saturated rings. The van der Waals surface area contributed by atoms with Crippen molar-refractivity contribution in [2.45, 2.75) is 20.0 Å². The van der Waals surface area contributed by atoms with E-state index in [0.717, 1.165) is 13.0 Å². The molecule has 0 bridgehead atoms. The van der Waals surface area contributed by atoms with E-state index in [1.807, 2.05) is 0 Å². The van der Waals surface area contributed by atoms with Crippen molar-refractivity contribution in [2.24, 2.45) is 0 Å². The summed E-state index contributed by atoms with van der Waals surface area (Å²) in [6.45, 7) is 3.18.